The van der Waals surface area contributed by atoms with E-state index in [2.05, 4.69) is 40.3 Å². The summed E-state index contributed by atoms with van der Waals surface area (Å²) >= 11 is 2.99. The van der Waals surface area contributed by atoms with Gasteiger partial charge < -0.3 is 0 Å². The van der Waals surface area contributed by atoms with Crippen LogP contribution in [-0.4, -0.2) is 46.6 Å². The van der Waals surface area contributed by atoms with Crippen molar-refractivity contribution in [2.24, 2.45) is 0 Å². The average Bonchev–Trinajstić information content (AvgIpc) is 3.61. The first-order valence-corrected chi connectivity index (χ1v) is 15.0. The molecule has 8 nitrogen and oxygen atoms in total. The SMILES string of the molecule is CSc1nc(Sc2n[nH]c(-c3cc(C)cc(C(F)(F)F)c3)n2)cc(Sc2n[nH]c(-c3cc(C(F)(F)F)cc(C(F)(F)F)c3)n2)n1. The van der Waals surface area contributed by atoms with Gasteiger partial charge >= 0.3 is 18.5 Å². The molecule has 3 heterocycles. The zero-order valence-corrected chi connectivity index (χ0v) is 24.8. The van der Waals surface area contributed by atoms with Crippen LogP contribution in [0.2, 0.25) is 0 Å². The summed E-state index contributed by atoms with van der Waals surface area (Å²) in [5.41, 5.74) is -3.77. The molecule has 0 radical (unpaired) electrons. The lowest BCUT2D eigenvalue weighted by molar-refractivity contribution is -0.143. The van der Waals surface area contributed by atoms with Crippen LogP contribution in [0.25, 0.3) is 22.8 Å². The molecule has 0 amide bonds. The summed E-state index contributed by atoms with van der Waals surface area (Å²) in [6, 6.07) is 6.03. The molecule has 0 atom stereocenters. The number of thioether (sulfide) groups is 1. The summed E-state index contributed by atoms with van der Waals surface area (Å²) in [6.45, 7) is 1.52. The number of halogens is 9. The van der Waals surface area contributed by atoms with E-state index in [4.69, 9.17) is 0 Å². The van der Waals surface area contributed by atoms with Crippen LogP contribution in [0.3, 0.4) is 0 Å². The van der Waals surface area contributed by atoms with E-state index in [1.54, 1.807) is 6.26 Å². The normalized spacial score (nSPS) is 12.6. The Kier molecular flexibility index (Phi) is 8.84. The minimum Gasteiger partial charge on any atom is -0.258 e. The highest BCUT2D eigenvalue weighted by atomic mass is 32.2. The van der Waals surface area contributed by atoms with Crippen molar-refractivity contribution >= 4 is 35.3 Å². The van der Waals surface area contributed by atoms with E-state index in [9.17, 15) is 39.5 Å². The van der Waals surface area contributed by atoms with Crippen LogP contribution in [0, 0.1) is 6.92 Å². The number of aromatic amines is 2. The van der Waals surface area contributed by atoms with E-state index < -0.39 is 40.8 Å². The summed E-state index contributed by atoms with van der Waals surface area (Å²) in [4.78, 5) is 17.0. The largest absolute Gasteiger partial charge is 0.416 e. The molecule has 0 fully saturated rings. The highest BCUT2D eigenvalue weighted by Crippen LogP contribution is 2.39. The quantitative estimate of drug-likeness (QED) is 0.0751. The second-order valence-corrected chi connectivity index (χ2v) is 11.8. The Bertz CT molecular complexity index is 1820. The Hall–Kier alpha value is -3.78. The van der Waals surface area contributed by atoms with Gasteiger partial charge in [-0.15, -0.1) is 10.2 Å². The Morgan fingerprint density at radius 1 is 0.533 bits per heavy atom. The predicted octanol–water partition coefficient (Wildman–Crippen LogP) is 8.44. The van der Waals surface area contributed by atoms with Gasteiger partial charge in [0.2, 0.25) is 10.3 Å². The molecule has 236 valence electrons. The molecule has 5 aromatic rings. The van der Waals surface area contributed by atoms with Gasteiger partial charge in [0.1, 0.15) is 10.1 Å². The molecule has 0 aliphatic heterocycles. The van der Waals surface area contributed by atoms with Crippen LogP contribution >= 0.6 is 35.3 Å². The molecular weight excluding hydrogens is 680 g/mol. The molecule has 5 rings (SSSR count). The fraction of sp³-hybridized carbons (Fsp3) is 0.200. The van der Waals surface area contributed by atoms with Gasteiger partial charge in [0, 0.05) is 17.2 Å². The van der Waals surface area contributed by atoms with Crippen LogP contribution in [0.15, 0.2) is 68.0 Å². The Labute approximate surface area is 259 Å². The van der Waals surface area contributed by atoms with Crippen LogP contribution < -0.4 is 0 Å². The van der Waals surface area contributed by atoms with Crippen molar-refractivity contribution in [1.82, 2.24) is 40.3 Å². The van der Waals surface area contributed by atoms with Gasteiger partial charge in [-0.05, 0) is 78.7 Å². The van der Waals surface area contributed by atoms with Gasteiger partial charge in [-0.1, -0.05) is 11.8 Å². The van der Waals surface area contributed by atoms with Crippen molar-refractivity contribution in [3.05, 3.63) is 64.7 Å². The van der Waals surface area contributed by atoms with Crippen LogP contribution in [0.4, 0.5) is 39.5 Å². The molecule has 0 unspecified atom stereocenters. The smallest absolute Gasteiger partial charge is 0.258 e. The summed E-state index contributed by atoms with van der Waals surface area (Å²) in [5, 5.41) is 13.9. The second-order valence-electron chi connectivity index (χ2n) is 9.05. The third kappa shape index (κ3) is 7.90. The van der Waals surface area contributed by atoms with Crippen molar-refractivity contribution < 1.29 is 39.5 Å². The maximum Gasteiger partial charge on any atom is 0.416 e. The monoisotopic (exact) mass is 694 g/mol. The minimum absolute atomic E-state index is 0.0113. The summed E-state index contributed by atoms with van der Waals surface area (Å²) in [6.07, 6.45) is -12.9. The molecule has 2 N–H and O–H groups in total. The number of rotatable bonds is 7. The first-order chi connectivity index (χ1) is 21.0. The molecule has 3 aromatic heterocycles. The molecule has 0 spiro atoms. The zero-order valence-electron chi connectivity index (χ0n) is 22.4. The molecule has 0 aliphatic carbocycles. The number of aromatic nitrogens is 8. The number of nitrogens with zero attached hydrogens (tertiary/aromatic N) is 6. The predicted molar refractivity (Wildman–Crippen MR) is 145 cm³/mol. The number of hydrogen-bond donors (Lipinski definition) is 2. The number of aryl methyl sites for hydroxylation is 1. The number of benzene rings is 2. The molecule has 0 saturated heterocycles. The van der Waals surface area contributed by atoms with E-state index in [-0.39, 0.29) is 43.8 Å². The zero-order chi connectivity index (χ0) is 32.7. The third-order valence-electron chi connectivity index (χ3n) is 5.70. The lowest BCUT2D eigenvalue weighted by Gasteiger charge is -2.13. The van der Waals surface area contributed by atoms with Crippen molar-refractivity contribution in [2.75, 3.05) is 6.26 Å². The lowest BCUT2D eigenvalue weighted by atomic mass is 10.0. The molecule has 2 aromatic carbocycles. The average molecular weight is 695 g/mol. The van der Waals surface area contributed by atoms with Crippen LogP contribution in [0.1, 0.15) is 22.3 Å². The molecular formula is C25H15F9N8S3. The Morgan fingerprint density at radius 3 is 1.38 bits per heavy atom. The lowest BCUT2D eigenvalue weighted by Crippen LogP contribution is -2.11. The van der Waals surface area contributed by atoms with E-state index in [1.807, 2.05) is 0 Å². The van der Waals surface area contributed by atoms with E-state index in [0.29, 0.717) is 22.7 Å². The number of nitrogens with one attached hydrogen (secondary N) is 2. The van der Waals surface area contributed by atoms with Gasteiger partial charge in [0.25, 0.3) is 0 Å². The fourth-order valence-corrected chi connectivity index (χ4v) is 5.79. The fourth-order valence-electron chi connectivity index (χ4n) is 3.78. The number of hydrogen-bond acceptors (Lipinski definition) is 9. The molecule has 0 saturated carbocycles. The van der Waals surface area contributed by atoms with Crippen LogP contribution in [-0.2, 0) is 18.5 Å². The molecule has 0 aliphatic rings. The Morgan fingerprint density at radius 2 is 0.956 bits per heavy atom. The number of alkyl halides is 9. The van der Waals surface area contributed by atoms with E-state index >= 15 is 0 Å². The first-order valence-electron chi connectivity index (χ1n) is 12.1. The van der Waals surface area contributed by atoms with Crippen molar-refractivity contribution in [3.63, 3.8) is 0 Å². The van der Waals surface area contributed by atoms with Gasteiger partial charge in [-0.25, -0.2) is 19.9 Å². The highest BCUT2D eigenvalue weighted by molar-refractivity contribution is 8.00. The van der Waals surface area contributed by atoms with Gasteiger partial charge in [-0.2, -0.15) is 39.5 Å². The summed E-state index contributed by atoms with van der Waals surface area (Å²) < 4.78 is 120. The minimum atomic E-state index is -5.03. The first kappa shape index (κ1) is 32.6. The summed E-state index contributed by atoms with van der Waals surface area (Å²) in [7, 11) is 0. The second kappa shape index (κ2) is 12.2. The molecule has 20 heteroatoms. The standard InChI is InChI=1S/C25H15F9N8S3/c1-10-3-11(5-13(4-10)23(26,27)28)18-37-21(41-39-18)44-16-9-17(36-20(35-16)43-2)45-22-38-19(40-42-22)12-6-14(24(29,30)31)8-15(7-12)25(32,33)34/h3-9H,1-2H3,(H,37,39,41)(H,38,40,42). The molecule has 0 bridgehead atoms. The van der Waals surface area contributed by atoms with E-state index in [1.165, 1.54) is 30.8 Å². The summed E-state index contributed by atoms with van der Waals surface area (Å²) in [5.74, 6) is -0.238. The van der Waals surface area contributed by atoms with Crippen molar-refractivity contribution in [1.29, 1.82) is 0 Å². The van der Waals surface area contributed by atoms with E-state index in [0.717, 1.165) is 35.7 Å². The maximum absolute atomic E-state index is 13.3. The van der Waals surface area contributed by atoms with Crippen molar-refractivity contribution in [3.8, 4) is 22.8 Å². The third-order valence-corrected chi connectivity index (χ3v) is 7.82. The number of H-pyrrole nitrogens is 2. The van der Waals surface area contributed by atoms with Crippen LogP contribution in [0.5, 0.6) is 0 Å². The van der Waals surface area contributed by atoms with Gasteiger partial charge in [0.15, 0.2) is 16.8 Å². The Balaban J connectivity index is 1.38. The topological polar surface area (TPSA) is 109 Å². The maximum atomic E-state index is 13.3. The van der Waals surface area contributed by atoms with Gasteiger partial charge in [-0.3, -0.25) is 10.2 Å². The highest BCUT2D eigenvalue weighted by Gasteiger charge is 2.37. The van der Waals surface area contributed by atoms with Crippen molar-refractivity contribution in [2.45, 2.75) is 51.0 Å². The molecule has 45 heavy (non-hydrogen) atoms. The van der Waals surface area contributed by atoms with Gasteiger partial charge in [0.05, 0.1) is 16.7 Å².